The zero-order valence-electron chi connectivity index (χ0n) is 1.68. The van der Waals surface area contributed by atoms with E-state index in [1.807, 2.05) is 0 Å². The fourth-order valence-electron chi connectivity index (χ4n) is 0. The fraction of sp³-hybridized carbons (Fsp3) is 0. The molecule has 0 saturated carbocycles. The molecule has 0 aliphatic rings. The summed E-state index contributed by atoms with van der Waals surface area (Å²) in [6, 6.07) is 0. The SMILES string of the molecule is [B].[Cr].[Mn].[Pt]. The first-order valence-electron chi connectivity index (χ1n) is 0. The monoisotopic (exact) mass is 313 g/mol. The largest absolute Gasteiger partial charge is 0 e. The van der Waals surface area contributed by atoms with Crippen LogP contribution in [0.15, 0.2) is 0 Å². The molecule has 0 nitrogen and oxygen atoms in total. The molecule has 0 unspecified atom stereocenters. The van der Waals surface area contributed by atoms with Crippen molar-refractivity contribution in [3.63, 3.8) is 0 Å². The minimum absolute atomic E-state index is 0. The van der Waals surface area contributed by atoms with Gasteiger partial charge in [-0.25, -0.2) is 0 Å². The van der Waals surface area contributed by atoms with Crippen LogP contribution in [0.4, 0.5) is 0 Å². The van der Waals surface area contributed by atoms with Crippen LogP contribution in [0.1, 0.15) is 0 Å². The van der Waals surface area contributed by atoms with Crippen molar-refractivity contribution in [2.24, 2.45) is 0 Å². The zero-order chi connectivity index (χ0) is 0. The van der Waals surface area contributed by atoms with E-state index in [9.17, 15) is 0 Å². The molecule has 0 aromatic rings. The van der Waals surface area contributed by atoms with Gasteiger partial charge in [0.2, 0.25) is 0 Å². The summed E-state index contributed by atoms with van der Waals surface area (Å²) < 4.78 is 0. The van der Waals surface area contributed by atoms with Crippen molar-refractivity contribution in [1.29, 1.82) is 0 Å². The second-order valence-electron chi connectivity index (χ2n) is 0. The van der Waals surface area contributed by atoms with Crippen molar-refractivity contribution in [3.8, 4) is 0 Å². The molecule has 4 heavy (non-hydrogen) atoms. The van der Waals surface area contributed by atoms with Crippen LogP contribution in [0, 0.1) is 0 Å². The van der Waals surface area contributed by atoms with E-state index in [4.69, 9.17) is 0 Å². The Morgan fingerprint density at radius 1 is 1.00 bits per heavy atom. The van der Waals surface area contributed by atoms with Gasteiger partial charge in [-0.3, -0.25) is 0 Å². The smallest absolute Gasteiger partial charge is 0 e. The third-order valence-electron chi connectivity index (χ3n) is 0. The van der Waals surface area contributed by atoms with Crippen molar-refractivity contribution >= 4 is 8.41 Å². The summed E-state index contributed by atoms with van der Waals surface area (Å²) in [5.74, 6) is 0. The third kappa shape index (κ3) is 9.19. The Morgan fingerprint density at radius 3 is 1.00 bits per heavy atom. The van der Waals surface area contributed by atoms with Crippen molar-refractivity contribution in [2.45, 2.75) is 0 Å². The van der Waals surface area contributed by atoms with Gasteiger partial charge in [0.05, 0.1) is 0 Å². The van der Waals surface area contributed by atoms with Gasteiger partial charge >= 0.3 is 0 Å². The van der Waals surface area contributed by atoms with Crippen molar-refractivity contribution < 1.29 is 55.5 Å². The number of hydrogen-bond donors (Lipinski definition) is 0. The summed E-state index contributed by atoms with van der Waals surface area (Å²) >= 11 is 0. The van der Waals surface area contributed by atoms with E-state index in [1.165, 1.54) is 0 Å². The maximum Gasteiger partial charge on any atom is 0 e. The minimum Gasteiger partial charge on any atom is 0 e. The molecule has 0 fully saturated rings. The molecule has 4 heteroatoms. The second-order valence-corrected chi connectivity index (χ2v) is 0. The van der Waals surface area contributed by atoms with Gasteiger partial charge in [0.25, 0.3) is 0 Å². The van der Waals surface area contributed by atoms with E-state index in [0.717, 1.165) is 0 Å². The summed E-state index contributed by atoms with van der Waals surface area (Å²) in [6.07, 6.45) is 0. The molecule has 0 aliphatic carbocycles. The predicted octanol–water partition coefficient (Wildman–Crippen LogP) is -0.388. The van der Waals surface area contributed by atoms with Gasteiger partial charge in [-0.15, -0.1) is 0 Å². The number of hydrogen-bond acceptors (Lipinski definition) is 0. The molecule has 0 aliphatic heterocycles. The Morgan fingerprint density at radius 2 is 1.00 bits per heavy atom. The van der Waals surface area contributed by atoms with E-state index in [-0.39, 0.29) is 63.9 Å². The van der Waals surface area contributed by atoms with Crippen molar-refractivity contribution in [2.75, 3.05) is 0 Å². The van der Waals surface area contributed by atoms with Gasteiger partial charge in [0, 0.05) is 63.9 Å². The summed E-state index contributed by atoms with van der Waals surface area (Å²) in [7, 11) is 0. The standard InChI is InChI=1S/B.Cr.Mn.Pt. The molecular formula is BCrMnPt. The quantitative estimate of drug-likeness (QED) is 0.535. The maximum absolute atomic E-state index is 0. The molecule has 0 atom stereocenters. The first kappa shape index (κ1) is 41.1. The zero-order valence-corrected chi connectivity index (χ0v) is 6.41. The molecule has 0 spiro atoms. The average molecular weight is 313 g/mol. The summed E-state index contributed by atoms with van der Waals surface area (Å²) in [4.78, 5) is 0. The van der Waals surface area contributed by atoms with Crippen molar-refractivity contribution in [1.82, 2.24) is 0 Å². The van der Waals surface area contributed by atoms with Crippen LogP contribution < -0.4 is 0 Å². The van der Waals surface area contributed by atoms with Crippen LogP contribution >= 0.6 is 0 Å². The van der Waals surface area contributed by atoms with Crippen LogP contribution in [0.5, 0.6) is 0 Å². The van der Waals surface area contributed by atoms with E-state index in [2.05, 4.69) is 0 Å². The predicted molar refractivity (Wildman–Crippen MR) is 5.75 cm³/mol. The van der Waals surface area contributed by atoms with E-state index < -0.39 is 0 Å². The van der Waals surface area contributed by atoms with Gasteiger partial charge in [-0.2, -0.15) is 0 Å². The van der Waals surface area contributed by atoms with Crippen molar-refractivity contribution in [3.05, 3.63) is 0 Å². The molecule has 0 heterocycles. The number of rotatable bonds is 0. The molecule has 0 aromatic heterocycles. The second kappa shape index (κ2) is 21.4. The first-order valence-corrected chi connectivity index (χ1v) is 0. The summed E-state index contributed by atoms with van der Waals surface area (Å²) in [5, 5.41) is 0. The van der Waals surface area contributed by atoms with Gasteiger partial charge in [-0.1, -0.05) is 0 Å². The van der Waals surface area contributed by atoms with Crippen LogP contribution in [0.2, 0.25) is 0 Å². The molecular weight excluding hydrogens is 313 g/mol. The Hall–Kier alpha value is 1.81. The normalized spacial score (nSPS) is 0. The van der Waals surface area contributed by atoms with Gasteiger partial charge in [0.1, 0.15) is 0 Å². The molecule has 0 aromatic carbocycles. The Labute approximate surface area is 63.5 Å². The molecule has 0 amide bonds. The van der Waals surface area contributed by atoms with Crippen LogP contribution in [0.25, 0.3) is 0 Å². The Balaban J connectivity index is 0. The Bertz CT molecular complexity index is 8.00. The van der Waals surface area contributed by atoms with Crippen LogP contribution in [0.3, 0.4) is 0 Å². The topological polar surface area (TPSA) is 0 Å². The van der Waals surface area contributed by atoms with E-state index in [0.29, 0.717) is 0 Å². The molecule has 0 bridgehead atoms. The Kier molecular flexibility index (Phi) is 220. The van der Waals surface area contributed by atoms with E-state index >= 15 is 0 Å². The van der Waals surface area contributed by atoms with Crippen LogP contribution in [-0.4, -0.2) is 8.41 Å². The maximum atomic E-state index is 0. The molecule has 4 radical (unpaired) electrons. The fourth-order valence-corrected chi connectivity index (χ4v) is 0. The van der Waals surface area contributed by atoms with Crippen LogP contribution in [-0.2, 0) is 55.5 Å². The van der Waals surface area contributed by atoms with Gasteiger partial charge in [0.15, 0.2) is 0 Å². The third-order valence-corrected chi connectivity index (χ3v) is 0. The molecule has 0 saturated heterocycles. The summed E-state index contributed by atoms with van der Waals surface area (Å²) in [5.41, 5.74) is 0. The van der Waals surface area contributed by atoms with Gasteiger partial charge in [-0.05, 0) is 0 Å². The minimum atomic E-state index is 0. The van der Waals surface area contributed by atoms with E-state index in [1.54, 1.807) is 0 Å². The van der Waals surface area contributed by atoms with Gasteiger partial charge < -0.3 is 0 Å². The molecule has 0 rings (SSSR count). The average Bonchev–Trinajstić information content (AvgIpc) is 0. The molecule has 26 valence electrons. The molecule has 0 N–H and O–H groups in total. The summed E-state index contributed by atoms with van der Waals surface area (Å²) in [6.45, 7) is 0. The first-order chi connectivity index (χ1) is 0.